The molecule has 0 saturated heterocycles. The van der Waals surface area contributed by atoms with Crippen molar-refractivity contribution >= 4 is 0 Å². The van der Waals surface area contributed by atoms with Crippen LogP contribution in [0.2, 0.25) is 0 Å². The van der Waals surface area contributed by atoms with E-state index in [2.05, 4.69) is 11.0 Å². The lowest BCUT2D eigenvalue weighted by molar-refractivity contribution is -0.144. The smallest absolute Gasteiger partial charge is 0.0656 e. The van der Waals surface area contributed by atoms with Crippen LogP contribution < -0.4 is 11.0 Å². The molecular weight excluding hydrogens is 106 g/mol. The Morgan fingerprint density at radius 1 is 1.75 bits per heavy atom. The minimum Gasteiger partial charge on any atom is -0.261 e. The highest BCUT2D eigenvalue weighted by molar-refractivity contribution is 4.81. The van der Waals surface area contributed by atoms with E-state index in [9.17, 15) is 0 Å². The second-order valence-corrected chi connectivity index (χ2v) is 1.39. The van der Waals surface area contributed by atoms with Crippen LogP contribution in [0, 0.1) is 0 Å². The van der Waals surface area contributed by atoms with Gasteiger partial charge < -0.3 is 0 Å². The minimum atomic E-state index is 0.833. The lowest BCUT2D eigenvalue weighted by Gasteiger charge is -2.21. The highest BCUT2D eigenvalue weighted by atomic mass is 16.7. The van der Waals surface area contributed by atoms with Crippen LogP contribution in [-0.4, -0.2) is 18.8 Å². The van der Waals surface area contributed by atoms with E-state index in [4.69, 9.17) is 4.84 Å². The van der Waals surface area contributed by atoms with Gasteiger partial charge in [-0.15, -0.1) is 5.53 Å². The van der Waals surface area contributed by atoms with Gasteiger partial charge in [0.05, 0.1) is 7.11 Å². The van der Waals surface area contributed by atoms with Crippen molar-refractivity contribution < 1.29 is 4.84 Å². The Bertz CT molecular complexity index is 93.3. The molecule has 0 saturated carbocycles. The average molecular weight is 115 g/mol. The lowest BCUT2D eigenvalue weighted by Crippen LogP contribution is -2.46. The first-order valence-corrected chi connectivity index (χ1v) is 2.42. The van der Waals surface area contributed by atoms with Crippen LogP contribution in [0.1, 0.15) is 0 Å². The molecule has 0 aliphatic carbocycles. The Kier molecular flexibility index (Phi) is 1.85. The van der Waals surface area contributed by atoms with Gasteiger partial charge in [-0.25, -0.2) is 5.43 Å². The summed E-state index contributed by atoms with van der Waals surface area (Å²) < 4.78 is 0. The minimum absolute atomic E-state index is 0.833. The van der Waals surface area contributed by atoms with Crippen LogP contribution in [0.15, 0.2) is 12.3 Å². The highest BCUT2D eigenvalue weighted by Crippen LogP contribution is 1.84. The van der Waals surface area contributed by atoms with Gasteiger partial charge in [0, 0.05) is 12.7 Å². The predicted molar refractivity (Wildman–Crippen MR) is 29.1 cm³/mol. The standard InChI is InChI=1S/C4H9N3O/c1-8-7-4-2-3-5-6-7/h2,4-6H,3H2,1H3. The van der Waals surface area contributed by atoms with E-state index in [1.54, 1.807) is 13.3 Å². The van der Waals surface area contributed by atoms with Crippen LogP contribution in [0.3, 0.4) is 0 Å². The summed E-state index contributed by atoms with van der Waals surface area (Å²) in [5, 5.41) is 1.48. The van der Waals surface area contributed by atoms with Crippen LogP contribution in [0.25, 0.3) is 0 Å². The van der Waals surface area contributed by atoms with Crippen molar-refractivity contribution in [3.05, 3.63) is 12.3 Å². The summed E-state index contributed by atoms with van der Waals surface area (Å²) in [7, 11) is 1.59. The quantitative estimate of drug-likeness (QED) is 0.478. The molecule has 0 atom stereocenters. The molecule has 4 nitrogen and oxygen atoms in total. The van der Waals surface area contributed by atoms with Gasteiger partial charge in [-0.1, -0.05) is 0 Å². The number of nitrogens with one attached hydrogen (secondary N) is 2. The molecule has 1 heterocycles. The van der Waals surface area contributed by atoms with E-state index in [1.165, 1.54) is 5.17 Å². The molecule has 0 spiro atoms. The van der Waals surface area contributed by atoms with Gasteiger partial charge in [-0.05, 0) is 6.08 Å². The molecule has 0 fully saturated rings. The Morgan fingerprint density at radius 2 is 2.62 bits per heavy atom. The monoisotopic (exact) mass is 115 g/mol. The second-order valence-electron chi connectivity index (χ2n) is 1.39. The maximum Gasteiger partial charge on any atom is 0.0656 e. The number of hydrogen-bond acceptors (Lipinski definition) is 4. The maximum atomic E-state index is 4.76. The Labute approximate surface area is 48.0 Å². The molecule has 0 amide bonds. The molecule has 0 unspecified atom stereocenters. The van der Waals surface area contributed by atoms with E-state index in [0.29, 0.717) is 0 Å². The van der Waals surface area contributed by atoms with Crippen molar-refractivity contribution in [3.8, 4) is 0 Å². The Hall–Kier alpha value is -0.580. The molecule has 0 aromatic heterocycles. The zero-order chi connectivity index (χ0) is 5.82. The van der Waals surface area contributed by atoms with Crippen LogP contribution in [-0.2, 0) is 4.84 Å². The second kappa shape index (κ2) is 2.66. The van der Waals surface area contributed by atoms with Gasteiger partial charge in [0.2, 0.25) is 0 Å². The number of hydrazine groups is 2. The summed E-state index contributed by atoms with van der Waals surface area (Å²) in [4.78, 5) is 4.76. The van der Waals surface area contributed by atoms with Crippen LogP contribution >= 0.6 is 0 Å². The van der Waals surface area contributed by atoms with Gasteiger partial charge in [0.15, 0.2) is 0 Å². The normalized spacial score (nSPS) is 19.4. The molecule has 0 aromatic carbocycles. The fourth-order valence-corrected chi connectivity index (χ4v) is 0.475. The van der Waals surface area contributed by atoms with E-state index in [1.807, 2.05) is 6.08 Å². The summed E-state index contributed by atoms with van der Waals surface area (Å²) in [6, 6.07) is 0. The van der Waals surface area contributed by atoms with Crippen molar-refractivity contribution in [3.63, 3.8) is 0 Å². The van der Waals surface area contributed by atoms with Crippen molar-refractivity contribution in [2.24, 2.45) is 0 Å². The fraction of sp³-hybridized carbons (Fsp3) is 0.500. The van der Waals surface area contributed by atoms with E-state index in [0.717, 1.165) is 6.54 Å². The molecule has 0 radical (unpaired) electrons. The summed E-state index contributed by atoms with van der Waals surface area (Å²) in [6.07, 6.45) is 3.75. The predicted octanol–water partition coefficient (Wildman–Crippen LogP) is -0.614. The average Bonchev–Trinajstić information content (AvgIpc) is 1.90. The van der Waals surface area contributed by atoms with E-state index in [-0.39, 0.29) is 0 Å². The van der Waals surface area contributed by atoms with Crippen molar-refractivity contribution in [2.75, 3.05) is 13.7 Å². The zero-order valence-electron chi connectivity index (χ0n) is 4.72. The van der Waals surface area contributed by atoms with Crippen LogP contribution in [0.4, 0.5) is 0 Å². The number of rotatable bonds is 1. The van der Waals surface area contributed by atoms with Crippen molar-refractivity contribution in [2.45, 2.75) is 0 Å². The van der Waals surface area contributed by atoms with Gasteiger partial charge in [-0.3, -0.25) is 4.84 Å². The van der Waals surface area contributed by atoms with Crippen molar-refractivity contribution in [1.82, 2.24) is 16.1 Å². The SMILES string of the molecule is CON1C=CCNN1. The van der Waals surface area contributed by atoms with Crippen LogP contribution in [0.5, 0.6) is 0 Å². The molecule has 8 heavy (non-hydrogen) atoms. The van der Waals surface area contributed by atoms with Crippen molar-refractivity contribution in [1.29, 1.82) is 0 Å². The summed E-state index contributed by atoms with van der Waals surface area (Å²) in [5.41, 5.74) is 5.59. The first-order chi connectivity index (χ1) is 3.93. The molecule has 0 aromatic rings. The van der Waals surface area contributed by atoms with Gasteiger partial charge >= 0.3 is 0 Å². The topological polar surface area (TPSA) is 36.5 Å². The first-order valence-electron chi connectivity index (χ1n) is 2.42. The molecule has 4 heteroatoms. The Balaban J connectivity index is 2.32. The van der Waals surface area contributed by atoms with Gasteiger partial charge in [0.1, 0.15) is 0 Å². The fourth-order valence-electron chi connectivity index (χ4n) is 0.475. The molecular formula is C4H9N3O. The largest absolute Gasteiger partial charge is 0.261 e. The first kappa shape index (κ1) is 5.55. The molecule has 46 valence electrons. The molecule has 2 N–H and O–H groups in total. The molecule has 1 aliphatic heterocycles. The van der Waals surface area contributed by atoms with E-state index < -0.39 is 0 Å². The lowest BCUT2D eigenvalue weighted by atomic mass is 10.6. The molecule has 1 aliphatic rings. The third kappa shape index (κ3) is 1.19. The summed E-state index contributed by atoms with van der Waals surface area (Å²) in [5.74, 6) is 0. The number of hydroxylamine groups is 1. The van der Waals surface area contributed by atoms with E-state index >= 15 is 0 Å². The zero-order valence-corrected chi connectivity index (χ0v) is 4.72. The van der Waals surface area contributed by atoms with Gasteiger partial charge in [-0.2, -0.15) is 5.17 Å². The third-order valence-corrected chi connectivity index (χ3v) is 0.847. The maximum absolute atomic E-state index is 4.76. The number of hydrogen-bond donors (Lipinski definition) is 2. The Morgan fingerprint density at radius 3 is 3.00 bits per heavy atom. The molecule has 0 bridgehead atoms. The summed E-state index contributed by atoms with van der Waals surface area (Å²) >= 11 is 0. The number of nitrogens with zero attached hydrogens (tertiary/aromatic N) is 1. The van der Waals surface area contributed by atoms with Gasteiger partial charge in [0.25, 0.3) is 0 Å². The highest BCUT2D eigenvalue weighted by Gasteiger charge is 1.96. The summed E-state index contributed by atoms with van der Waals surface area (Å²) in [6.45, 7) is 0.833. The molecule has 1 rings (SSSR count). The third-order valence-electron chi connectivity index (χ3n) is 0.847.